The van der Waals surface area contributed by atoms with E-state index < -0.39 is 5.60 Å². The molecule has 0 aliphatic carbocycles. The number of hydrogen-bond acceptors (Lipinski definition) is 4. The maximum atomic E-state index is 13.0. The Kier molecular flexibility index (Phi) is 4.80. The lowest BCUT2D eigenvalue weighted by molar-refractivity contribution is 0.0525. The Morgan fingerprint density at radius 2 is 1.83 bits per heavy atom. The Morgan fingerprint density at radius 3 is 2.38 bits per heavy atom. The van der Waals surface area contributed by atoms with E-state index >= 15 is 0 Å². The molecule has 0 spiro atoms. The van der Waals surface area contributed by atoms with Gasteiger partial charge in [0.1, 0.15) is 28.4 Å². The van der Waals surface area contributed by atoms with Gasteiger partial charge in [0.05, 0.1) is 6.54 Å². The number of aliphatic hydroxyl groups is 1. The quantitative estimate of drug-likeness (QED) is 0.901. The highest BCUT2D eigenvalue weighted by atomic mass is 19.1. The standard InChI is InChI=1S/C18H23FN2O3/c1-11-14(15(21-24-11)17(2,3)4)16(22)20-10-18(5,23)12-6-8-13(19)9-7-12/h6-9,23H,10H2,1-5H3,(H,20,22). The molecule has 5 nitrogen and oxygen atoms in total. The predicted octanol–water partition coefficient (Wildman–Crippen LogP) is 3.06. The lowest BCUT2D eigenvalue weighted by Crippen LogP contribution is -2.39. The van der Waals surface area contributed by atoms with Gasteiger partial charge in [-0.25, -0.2) is 4.39 Å². The van der Waals surface area contributed by atoms with Crippen molar-refractivity contribution in [1.29, 1.82) is 0 Å². The summed E-state index contributed by atoms with van der Waals surface area (Å²) < 4.78 is 18.2. The van der Waals surface area contributed by atoms with Crippen LogP contribution in [0.3, 0.4) is 0 Å². The molecule has 130 valence electrons. The molecule has 0 bridgehead atoms. The number of nitrogens with zero attached hydrogens (tertiary/aromatic N) is 1. The van der Waals surface area contributed by atoms with Crippen molar-refractivity contribution in [2.45, 2.75) is 45.6 Å². The molecule has 0 radical (unpaired) electrons. The third kappa shape index (κ3) is 3.82. The smallest absolute Gasteiger partial charge is 0.256 e. The van der Waals surface area contributed by atoms with Crippen LogP contribution in [0.1, 0.15) is 55.1 Å². The number of aromatic nitrogens is 1. The maximum Gasteiger partial charge on any atom is 0.256 e. The van der Waals surface area contributed by atoms with Gasteiger partial charge in [0.2, 0.25) is 0 Å². The molecule has 0 saturated heterocycles. The van der Waals surface area contributed by atoms with E-state index in [1.807, 2.05) is 20.8 Å². The molecule has 2 N–H and O–H groups in total. The summed E-state index contributed by atoms with van der Waals surface area (Å²) in [6.45, 7) is 9.04. The van der Waals surface area contributed by atoms with Crippen LogP contribution in [0, 0.1) is 12.7 Å². The summed E-state index contributed by atoms with van der Waals surface area (Å²) in [6, 6.07) is 5.53. The van der Waals surface area contributed by atoms with Crippen LogP contribution in [0.4, 0.5) is 4.39 Å². The van der Waals surface area contributed by atoms with E-state index in [9.17, 15) is 14.3 Å². The zero-order chi connectivity index (χ0) is 18.1. The summed E-state index contributed by atoms with van der Waals surface area (Å²) in [7, 11) is 0. The van der Waals surface area contributed by atoms with E-state index in [1.54, 1.807) is 13.8 Å². The van der Waals surface area contributed by atoms with E-state index in [-0.39, 0.29) is 23.7 Å². The monoisotopic (exact) mass is 334 g/mol. The number of amides is 1. The largest absolute Gasteiger partial charge is 0.384 e. The first-order valence-electron chi connectivity index (χ1n) is 7.76. The molecule has 6 heteroatoms. The molecular weight excluding hydrogens is 311 g/mol. The molecule has 0 saturated carbocycles. The van der Waals surface area contributed by atoms with Crippen LogP contribution in [0.2, 0.25) is 0 Å². The molecule has 0 aliphatic rings. The van der Waals surface area contributed by atoms with Crippen molar-refractivity contribution in [3.05, 3.63) is 52.7 Å². The molecule has 2 aromatic rings. The molecular formula is C18H23FN2O3. The summed E-state index contributed by atoms with van der Waals surface area (Å²) >= 11 is 0. The van der Waals surface area contributed by atoms with E-state index in [4.69, 9.17) is 4.52 Å². The molecule has 2 rings (SSSR count). The number of hydrogen-bond donors (Lipinski definition) is 2. The first kappa shape index (κ1) is 18.1. The number of carbonyl (C=O) groups is 1. The second-order valence-corrected chi connectivity index (χ2v) is 7.18. The lowest BCUT2D eigenvalue weighted by Gasteiger charge is -2.24. The molecule has 1 aromatic carbocycles. The first-order valence-corrected chi connectivity index (χ1v) is 7.76. The summed E-state index contributed by atoms with van der Waals surface area (Å²) in [5.74, 6) is -0.312. The topological polar surface area (TPSA) is 75.4 Å². The molecule has 1 aromatic heterocycles. The predicted molar refractivity (Wildman–Crippen MR) is 88.2 cm³/mol. The highest BCUT2D eigenvalue weighted by molar-refractivity contribution is 5.96. The molecule has 1 unspecified atom stereocenters. The Morgan fingerprint density at radius 1 is 1.25 bits per heavy atom. The Hall–Kier alpha value is -2.21. The first-order chi connectivity index (χ1) is 11.0. The van der Waals surface area contributed by atoms with Gasteiger partial charge in [-0.15, -0.1) is 0 Å². The van der Waals surface area contributed by atoms with Crippen LogP contribution in [-0.4, -0.2) is 22.7 Å². The number of carbonyl (C=O) groups excluding carboxylic acids is 1. The van der Waals surface area contributed by atoms with Crippen LogP contribution in [0.25, 0.3) is 0 Å². The van der Waals surface area contributed by atoms with E-state index in [2.05, 4.69) is 10.5 Å². The molecule has 0 fully saturated rings. The number of aryl methyl sites for hydroxylation is 1. The Bertz CT molecular complexity index is 728. The fourth-order valence-corrected chi connectivity index (χ4v) is 2.40. The third-order valence-electron chi connectivity index (χ3n) is 3.86. The van der Waals surface area contributed by atoms with E-state index in [0.29, 0.717) is 22.6 Å². The Balaban J connectivity index is 2.16. The zero-order valence-corrected chi connectivity index (χ0v) is 14.6. The SMILES string of the molecule is Cc1onc(C(C)(C)C)c1C(=O)NCC(C)(O)c1ccc(F)cc1. The maximum absolute atomic E-state index is 13.0. The highest BCUT2D eigenvalue weighted by Crippen LogP contribution is 2.27. The summed E-state index contributed by atoms with van der Waals surface area (Å²) in [5.41, 5.74) is -0.195. The van der Waals surface area contributed by atoms with Gasteiger partial charge >= 0.3 is 0 Å². The van der Waals surface area contributed by atoms with Gasteiger partial charge in [0.15, 0.2) is 0 Å². The van der Waals surface area contributed by atoms with Crippen molar-refractivity contribution in [3.63, 3.8) is 0 Å². The average molecular weight is 334 g/mol. The number of halogens is 1. The average Bonchev–Trinajstić information content (AvgIpc) is 2.87. The van der Waals surface area contributed by atoms with Crippen LogP contribution < -0.4 is 5.32 Å². The van der Waals surface area contributed by atoms with Crippen LogP contribution >= 0.6 is 0 Å². The Labute approximate surface area is 140 Å². The number of nitrogens with one attached hydrogen (secondary N) is 1. The van der Waals surface area contributed by atoms with Gasteiger partial charge in [-0.2, -0.15) is 0 Å². The number of benzene rings is 1. The van der Waals surface area contributed by atoms with Gasteiger partial charge in [0.25, 0.3) is 5.91 Å². The van der Waals surface area contributed by atoms with Crippen LogP contribution in [0.15, 0.2) is 28.8 Å². The van der Waals surface area contributed by atoms with Gasteiger partial charge < -0.3 is 14.9 Å². The van der Waals surface area contributed by atoms with Crippen LogP contribution in [0.5, 0.6) is 0 Å². The molecule has 24 heavy (non-hydrogen) atoms. The van der Waals surface area contributed by atoms with Crippen molar-refractivity contribution in [2.24, 2.45) is 0 Å². The van der Waals surface area contributed by atoms with Crippen molar-refractivity contribution in [2.75, 3.05) is 6.54 Å². The lowest BCUT2D eigenvalue weighted by atomic mass is 9.88. The molecule has 1 heterocycles. The van der Waals surface area contributed by atoms with Crippen molar-refractivity contribution >= 4 is 5.91 Å². The highest BCUT2D eigenvalue weighted by Gasteiger charge is 2.30. The fourth-order valence-electron chi connectivity index (χ4n) is 2.40. The van der Waals surface area contributed by atoms with Crippen molar-refractivity contribution in [3.8, 4) is 0 Å². The number of rotatable bonds is 4. The minimum atomic E-state index is -1.32. The minimum Gasteiger partial charge on any atom is -0.384 e. The summed E-state index contributed by atoms with van der Waals surface area (Å²) in [6.07, 6.45) is 0. The second-order valence-electron chi connectivity index (χ2n) is 7.18. The van der Waals surface area contributed by atoms with Gasteiger partial charge in [-0.1, -0.05) is 38.1 Å². The summed E-state index contributed by atoms with van der Waals surface area (Å²) in [4.78, 5) is 12.5. The minimum absolute atomic E-state index is 0.0222. The fraction of sp³-hybridized carbons (Fsp3) is 0.444. The molecule has 1 amide bonds. The summed E-state index contributed by atoms with van der Waals surface area (Å²) in [5, 5.41) is 17.2. The normalized spacial score (nSPS) is 14.3. The molecule has 1 atom stereocenters. The third-order valence-corrected chi connectivity index (χ3v) is 3.86. The molecule has 0 aliphatic heterocycles. The van der Waals surface area contributed by atoms with E-state index in [1.165, 1.54) is 24.3 Å². The van der Waals surface area contributed by atoms with E-state index in [0.717, 1.165) is 0 Å². The zero-order valence-electron chi connectivity index (χ0n) is 14.6. The van der Waals surface area contributed by atoms with Gasteiger partial charge in [0, 0.05) is 5.41 Å². The van der Waals surface area contributed by atoms with Crippen molar-refractivity contribution < 1.29 is 18.8 Å². The van der Waals surface area contributed by atoms with Crippen molar-refractivity contribution in [1.82, 2.24) is 10.5 Å². The second kappa shape index (κ2) is 6.36. The van der Waals surface area contributed by atoms with Gasteiger partial charge in [-0.3, -0.25) is 4.79 Å². The van der Waals surface area contributed by atoms with Crippen LogP contribution in [-0.2, 0) is 11.0 Å². The van der Waals surface area contributed by atoms with Gasteiger partial charge in [-0.05, 0) is 31.5 Å².